The lowest BCUT2D eigenvalue weighted by Crippen LogP contribution is -2.12. The molecular formula is C20H18N4O. The number of H-pyrrole nitrogens is 1. The van der Waals surface area contributed by atoms with E-state index in [1.165, 1.54) is 0 Å². The maximum atomic E-state index is 5.40. The lowest BCUT2D eigenvalue weighted by atomic mass is 9.98. The second-order valence-corrected chi connectivity index (χ2v) is 5.76. The molecule has 0 aliphatic heterocycles. The van der Waals surface area contributed by atoms with E-state index in [1.807, 2.05) is 61.2 Å². The molecule has 3 heterocycles. The molecule has 0 spiro atoms. The van der Waals surface area contributed by atoms with Crippen molar-refractivity contribution in [2.75, 3.05) is 12.4 Å². The first kappa shape index (κ1) is 15.2. The molecular weight excluding hydrogens is 312 g/mol. The van der Waals surface area contributed by atoms with Crippen LogP contribution < -0.4 is 10.1 Å². The summed E-state index contributed by atoms with van der Waals surface area (Å²) in [4.78, 5) is 11.7. The zero-order chi connectivity index (χ0) is 17.1. The van der Waals surface area contributed by atoms with Crippen LogP contribution in [0.4, 0.5) is 5.69 Å². The van der Waals surface area contributed by atoms with E-state index in [9.17, 15) is 0 Å². The summed E-state index contributed by atoms with van der Waals surface area (Å²) in [5.41, 5.74) is 4.30. The van der Waals surface area contributed by atoms with Gasteiger partial charge in [0.1, 0.15) is 5.75 Å². The molecule has 0 amide bonds. The van der Waals surface area contributed by atoms with Gasteiger partial charge in [0.2, 0.25) is 0 Å². The van der Waals surface area contributed by atoms with Crippen molar-refractivity contribution in [3.05, 3.63) is 84.6 Å². The predicted molar refractivity (Wildman–Crippen MR) is 98.8 cm³/mol. The number of hydrogen-bond donors (Lipinski definition) is 2. The average Bonchev–Trinajstić information content (AvgIpc) is 3.10. The summed E-state index contributed by atoms with van der Waals surface area (Å²) in [6.45, 7) is 0. The molecule has 5 heteroatoms. The molecule has 0 saturated heterocycles. The molecule has 124 valence electrons. The molecule has 2 N–H and O–H groups in total. The monoisotopic (exact) mass is 330 g/mol. The normalized spacial score (nSPS) is 12.0. The van der Waals surface area contributed by atoms with Crippen LogP contribution in [0.3, 0.4) is 0 Å². The van der Waals surface area contributed by atoms with Crippen LogP contribution >= 0.6 is 0 Å². The molecule has 25 heavy (non-hydrogen) atoms. The minimum Gasteiger partial charge on any atom is -0.497 e. The van der Waals surface area contributed by atoms with Crippen molar-refractivity contribution in [3.8, 4) is 5.75 Å². The van der Waals surface area contributed by atoms with Crippen LogP contribution in [0, 0.1) is 0 Å². The van der Waals surface area contributed by atoms with Gasteiger partial charge in [-0.15, -0.1) is 0 Å². The third-order valence-corrected chi connectivity index (χ3v) is 4.24. The molecule has 0 bridgehead atoms. The van der Waals surface area contributed by atoms with Gasteiger partial charge >= 0.3 is 0 Å². The zero-order valence-corrected chi connectivity index (χ0v) is 13.8. The molecule has 1 atom stereocenters. The molecule has 1 unspecified atom stereocenters. The summed E-state index contributed by atoms with van der Waals surface area (Å²) in [6, 6.07) is 14.0. The molecule has 0 aliphatic carbocycles. The predicted octanol–water partition coefficient (Wildman–Crippen LogP) is 4.17. The van der Waals surface area contributed by atoms with Crippen LogP contribution in [0.15, 0.2) is 73.4 Å². The lowest BCUT2D eigenvalue weighted by Gasteiger charge is -2.20. The van der Waals surface area contributed by atoms with Crippen molar-refractivity contribution in [2.45, 2.75) is 6.04 Å². The number of nitrogens with one attached hydrogen (secondary N) is 2. The van der Waals surface area contributed by atoms with Crippen molar-refractivity contribution >= 4 is 16.6 Å². The summed E-state index contributed by atoms with van der Waals surface area (Å²) >= 11 is 0. The number of fused-ring (bicyclic) bond motifs is 1. The maximum Gasteiger partial charge on any atom is 0.119 e. The summed E-state index contributed by atoms with van der Waals surface area (Å²) in [7, 11) is 1.68. The second kappa shape index (κ2) is 6.65. The van der Waals surface area contributed by atoms with Gasteiger partial charge in [0, 0.05) is 47.5 Å². The Labute approximate surface area is 145 Å². The minimum absolute atomic E-state index is 0.0342. The molecule has 4 rings (SSSR count). The Morgan fingerprint density at radius 3 is 2.68 bits per heavy atom. The third-order valence-electron chi connectivity index (χ3n) is 4.24. The smallest absolute Gasteiger partial charge is 0.119 e. The van der Waals surface area contributed by atoms with Gasteiger partial charge in [-0.2, -0.15) is 0 Å². The first-order valence-corrected chi connectivity index (χ1v) is 8.06. The number of benzene rings is 1. The first-order valence-electron chi connectivity index (χ1n) is 8.06. The Bertz CT molecular complexity index is 967. The summed E-state index contributed by atoms with van der Waals surface area (Å²) in [6.07, 6.45) is 9.25. The standard InChI is InChI=1S/C20H18N4O/c1-25-16-4-5-19-17(11-16)18(13-23-19)20(14-6-9-21-10-7-14)24-15-3-2-8-22-12-15/h2-13,20,23-24H,1H3. The fourth-order valence-electron chi connectivity index (χ4n) is 3.00. The van der Waals surface area contributed by atoms with E-state index < -0.39 is 0 Å². The molecule has 5 nitrogen and oxygen atoms in total. The highest BCUT2D eigenvalue weighted by molar-refractivity contribution is 5.86. The number of hydrogen-bond acceptors (Lipinski definition) is 4. The summed E-state index contributed by atoms with van der Waals surface area (Å²) in [5, 5.41) is 4.70. The zero-order valence-electron chi connectivity index (χ0n) is 13.8. The Morgan fingerprint density at radius 1 is 1.04 bits per heavy atom. The van der Waals surface area contributed by atoms with E-state index in [4.69, 9.17) is 4.74 Å². The van der Waals surface area contributed by atoms with Crippen LogP contribution in [0.5, 0.6) is 5.75 Å². The third kappa shape index (κ3) is 3.04. The maximum absolute atomic E-state index is 5.40. The van der Waals surface area contributed by atoms with Crippen LogP contribution in [0.1, 0.15) is 17.2 Å². The van der Waals surface area contributed by atoms with Crippen molar-refractivity contribution < 1.29 is 4.74 Å². The van der Waals surface area contributed by atoms with Gasteiger partial charge in [-0.1, -0.05) is 0 Å². The minimum atomic E-state index is -0.0342. The van der Waals surface area contributed by atoms with E-state index in [2.05, 4.69) is 26.3 Å². The van der Waals surface area contributed by atoms with Crippen molar-refractivity contribution in [2.24, 2.45) is 0 Å². The van der Waals surface area contributed by atoms with Gasteiger partial charge in [-0.3, -0.25) is 9.97 Å². The molecule has 1 aromatic carbocycles. The van der Waals surface area contributed by atoms with Gasteiger partial charge in [-0.25, -0.2) is 0 Å². The number of ether oxygens (including phenoxy) is 1. The molecule has 0 radical (unpaired) electrons. The van der Waals surface area contributed by atoms with Crippen LogP contribution in [0.25, 0.3) is 10.9 Å². The van der Waals surface area contributed by atoms with E-state index >= 15 is 0 Å². The van der Waals surface area contributed by atoms with Gasteiger partial charge < -0.3 is 15.0 Å². The quantitative estimate of drug-likeness (QED) is 0.576. The Kier molecular flexibility index (Phi) is 4.04. The lowest BCUT2D eigenvalue weighted by molar-refractivity contribution is 0.415. The first-order chi connectivity index (χ1) is 12.3. The van der Waals surface area contributed by atoms with E-state index in [0.29, 0.717) is 0 Å². The van der Waals surface area contributed by atoms with E-state index in [-0.39, 0.29) is 6.04 Å². The highest BCUT2D eigenvalue weighted by atomic mass is 16.5. The number of nitrogens with zero attached hydrogens (tertiary/aromatic N) is 2. The molecule has 0 fully saturated rings. The van der Waals surface area contributed by atoms with Gasteiger partial charge in [0.15, 0.2) is 0 Å². The fraction of sp³-hybridized carbons (Fsp3) is 0.100. The SMILES string of the molecule is COc1ccc2[nH]cc(C(Nc3cccnc3)c3ccncc3)c2c1. The highest BCUT2D eigenvalue weighted by Gasteiger charge is 2.18. The van der Waals surface area contributed by atoms with E-state index in [0.717, 1.165) is 33.5 Å². The molecule has 0 aliphatic rings. The fourth-order valence-corrected chi connectivity index (χ4v) is 3.00. The molecule has 4 aromatic rings. The van der Waals surface area contributed by atoms with Gasteiger partial charge in [0.25, 0.3) is 0 Å². The van der Waals surface area contributed by atoms with Gasteiger partial charge in [0.05, 0.1) is 18.8 Å². The van der Waals surface area contributed by atoms with Crippen molar-refractivity contribution in [1.82, 2.24) is 15.0 Å². The largest absolute Gasteiger partial charge is 0.497 e. The average molecular weight is 330 g/mol. The number of anilines is 1. The summed E-state index contributed by atoms with van der Waals surface area (Å²) in [5.74, 6) is 0.836. The summed E-state index contributed by atoms with van der Waals surface area (Å²) < 4.78 is 5.40. The van der Waals surface area contributed by atoms with Crippen LogP contribution in [-0.2, 0) is 0 Å². The number of aromatic amines is 1. The number of methoxy groups -OCH3 is 1. The number of pyridine rings is 2. The van der Waals surface area contributed by atoms with Gasteiger partial charge in [-0.05, 0) is 48.0 Å². The second-order valence-electron chi connectivity index (χ2n) is 5.76. The number of rotatable bonds is 5. The molecule has 3 aromatic heterocycles. The highest BCUT2D eigenvalue weighted by Crippen LogP contribution is 2.33. The Hall–Kier alpha value is -3.34. The van der Waals surface area contributed by atoms with Crippen LogP contribution in [0.2, 0.25) is 0 Å². The Balaban J connectivity index is 1.83. The number of aromatic nitrogens is 3. The Morgan fingerprint density at radius 2 is 1.92 bits per heavy atom. The van der Waals surface area contributed by atoms with Crippen molar-refractivity contribution in [3.63, 3.8) is 0 Å². The van der Waals surface area contributed by atoms with Crippen molar-refractivity contribution in [1.29, 1.82) is 0 Å². The molecule has 0 saturated carbocycles. The van der Waals surface area contributed by atoms with Crippen LogP contribution in [-0.4, -0.2) is 22.1 Å². The topological polar surface area (TPSA) is 62.8 Å². The van der Waals surface area contributed by atoms with E-state index in [1.54, 1.807) is 13.3 Å².